The lowest BCUT2D eigenvalue weighted by Gasteiger charge is -2.20. The highest BCUT2D eigenvalue weighted by atomic mass is 16.5. The van der Waals surface area contributed by atoms with Crippen LogP contribution in [-0.2, 0) is 11.8 Å². The highest BCUT2D eigenvalue weighted by Gasteiger charge is 2.26. The SMILES string of the molecule is CCC1OCCC1CNC(C)c1ccnn1C. The van der Waals surface area contributed by atoms with Crippen LogP contribution in [0.2, 0.25) is 0 Å². The standard InChI is InChI=1S/C13H23N3O/c1-4-13-11(6-8-17-13)9-14-10(2)12-5-7-15-16(12)3/h5,7,10-11,13-14H,4,6,8-9H2,1-3H3. The van der Waals surface area contributed by atoms with Crippen LogP contribution < -0.4 is 5.32 Å². The molecule has 0 aliphatic carbocycles. The van der Waals surface area contributed by atoms with Gasteiger partial charge in [0.2, 0.25) is 0 Å². The molecular formula is C13H23N3O. The molecule has 0 aromatic carbocycles. The molecule has 1 aromatic rings. The second-order valence-electron chi connectivity index (χ2n) is 4.88. The zero-order valence-corrected chi connectivity index (χ0v) is 11.0. The molecule has 0 bridgehead atoms. The van der Waals surface area contributed by atoms with E-state index in [2.05, 4.69) is 30.3 Å². The van der Waals surface area contributed by atoms with E-state index >= 15 is 0 Å². The molecule has 96 valence electrons. The van der Waals surface area contributed by atoms with E-state index in [1.54, 1.807) is 0 Å². The van der Waals surface area contributed by atoms with Crippen LogP contribution in [0.3, 0.4) is 0 Å². The van der Waals surface area contributed by atoms with Gasteiger partial charge in [-0.25, -0.2) is 0 Å². The number of hydrogen-bond acceptors (Lipinski definition) is 3. The Morgan fingerprint density at radius 2 is 2.47 bits per heavy atom. The molecule has 3 unspecified atom stereocenters. The number of nitrogens with one attached hydrogen (secondary N) is 1. The lowest BCUT2D eigenvalue weighted by Crippen LogP contribution is -2.30. The van der Waals surface area contributed by atoms with E-state index in [0.717, 1.165) is 19.6 Å². The minimum Gasteiger partial charge on any atom is -0.378 e. The normalized spacial score (nSPS) is 26.3. The van der Waals surface area contributed by atoms with Crippen molar-refractivity contribution >= 4 is 0 Å². The predicted octanol–water partition coefficient (Wildman–Crippen LogP) is 1.89. The quantitative estimate of drug-likeness (QED) is 0.850. The van der Waals surface area contributed by atoms with Gasteiger partial charge in [0, 0.05) is 32.4 Å². The molecule has 1 saturated heterocycles. The van der Waals surface area contributed by atoms with Crippen molar-refractivity contribution in [2.75, 3.05) is 13.2 Å². The Morgan fingerprint density at radius 1 is 1.65 bits per heavy atom. The van der Waals surface area contributed by atoms with E-state index < -0.39 is 0 Å². The van der Waals surface area contributed by atoms with Crippen molar-refractivity contribution in [3.8, 4) is 0 Å². The molecule has 4 nitrogen and oxygen atoms in total. The first-order chi connectivity index (χ1) is 8.22. The molecule has 1 aliphatic heterocycles. The van der Waals surface area contributed by atoms with E-state index in [1.165, 1.54) is 12.1 Å². The summed E-state index contributed by atoms with van der Waals surface area (Å²) < 4.78 is 7.63. The first-order valence-corrected chi connectivity index (χ1v) is 6.55. The first kappa shape index (κ1) is 12.6. The highest BCUT2D eigenvalue weighted by Crippen LogP contribution is 2.23. The van der Waals surface area contributed by atoms with Crippen LogP contribution in [0.1, 0.15) is 38.4 Å². The summed E-state index contributed by atoms with van der Waals surface area (Å²) in [5.74, 6) is 0.663. The molecular weight excluding hydrogens is 214 g/mol. The molecule has 1 aromatic heterocycles. The van der Waals surface area contributed by atoms with Gasteiger partial charge in [0.05, 0.1) is 11.8 Å². The fourth-order valence-electron chi connectivity index (χ4n) is 2.62. The second kappa shape index (κ2) is 5.65. The summed E-state index contributed by atoms with van der Waals surface area (Å²) in [6, 6.07) is 2.42. The molecule has 0 amide bonds. The van der Waals surface area contributed by atoms with E-state index in [9.17, 15) is 0 Å². The Morgan fingerprint density at radius 3 is 3.12 bits per heavy atom. The van der Waals surface area contributed by atoms with Gasteiger partial charge in [0.15, 0.2) is 0 Å². The Kier molecular flexibility index (Phi) is 4.18. The zero-order chi connectivity index (χ0) is 12.3. The summed E-state index contributed by atoms with van der Waals surface area (Å²) in [5, 5.41) is 7.79. The molecule has 1 fully saturated rings. The van der Waals surface area contributed by atoms with Crippen LogP contribution >= 0.6 is 0 Å². The minimum absolute atomic E-state index is 0.348. The van der Waals surface area contributed by atoms with Crippen molar-refractivity contribution in [1.82, 2.24) is 15.1 Å². The van der Waals surface area contributed by atoms with Gasteiger partial charge < -0.3 is 10.1 Å². The van der Waals surface area contributed by atoms with Crippen molar-refractivity contribution in [2.24, 2.45) is 13.0 Å². The molecule has 0 saturated carbocycles. The van der Waals surface area contributed by atoms with E-state index in [-0.39, 0.29) is 0 Å². The monoisotopic (exact) mass is 237 g/mol. The molecule has 3 atom stereocenters. The molecule has 4 heteroatoms. The number of aryl methyl sites for hydroxylation is 1. The highest BCUT2D eigenvalue weighted by molar-refractivity contribution is 5.05. The molecule has 17 heavy (non-hydrogen) atoms. The maximum atomic E-state index is 5.70. The third-order valence-corrected chi connectivity index (χ3v) is 3.74. The molecule has 2 rings (SSSR count). The summed E-state index contributed by atoms with van der Waals surface area (Å²) in [4.78, 5) is 0. The van der Waals surface area contributed by atoms with E-state index in [1.807, 2.05) is 17.9 Å². The van der Waals surface area contributed by atoms with Gasteiger partial charge >= 0.3 is 0 Å². The minimum atomic E-state index is 0.348. The maximum Gasteiger partial charge on any atom is 0.0613 e. The first-order valence-electron chi connectivity index (χ1n) is 6.55. The summed E-state index contributed by atoms with van der Waals surface area (Å²) in [7, 11) is 1.99. The van der Waals surface area contributed by atoms with Gasteiger partial charge in [0.1, 0.15) is 0 Å². The molecule has 1 aliphatic rings. The van der Waals surface area contributed by atoms with Gasteiger partial charge in [-0.3, -0.25) is 4.68 Å². The van der Waals surface area contributed by atoms with Gasteiger partial charge in [0.25, 0.3) is 0 Å². The average molecular weight is 237 g/mol. The summed E-state index contributed by atoms with van der Waals surface area (Å²) in [6.07, 6.45) is 4.60. The Bertz CT molecular complexity index is 350. The average Bonchev–Trinajstić information content (AvgIpc) is 2.94. The smallest absolute Gasteiger partial charge is 0.0613 e. The van der Waals surface area contributed by atoms with E-state index in [0.29, 0.717) is 18.1 Å². The summed E-state index contributed by atoms with van der Waals surface area (Å²) in [6.45, 7) is 6.34. The van der Waals surface area contributed by atoms with Gasteiger partial charge in [-0.2, -0.15) is 5.10 Å². The Labute approximate surface area is 103 Å². The number of rotatable bonds is 5. The molecule has 1 N–H and O–H groups in total. The number of ether oxygens (including phenoxy) is 1. The topological polar surface area (TPSA) is 39.1 Å². The van der Waals surface area contributed by atoms with Crippen LogP contribution in [0.15, 0.2) is 12.3 Å². The van der Waals surface area contributed by atoms with Crippen molar-refractivity contribution in [1.29, 1.82) is 0 Å². The largest absolute Gasteiger partial charge is 0.378 e. The van der Waals surface area contributed by atoms with Crippen LogP contribution in [0.5, 0.6) is 0 Å². The fourth-order valence-corrected chi connectivity index (χ4v) is 2.62. The van der Waals surface area contributed by atoms with Crippen molar-refractivity contribution in [2.45, 2.75) is 38.8 Å². The fraction of sp³-hybridized carbons (Fsp3) is 0.769. The number of hydrogen-bond donors (Lipinski definition) is 1. The van der Waals surface area contributed by atoms with Crippen LogP contribution in [0, 0.1) is 5.92 Å². The second-order valence-corrected chi connectivity index (χ2v) is 4.88. The summed E-state index contributed by atoms with van der Waals surface area (Å²) >= 11 is 0. The third-order valence-electron chi connectivity index (χ3n) is 3.74. The predicted molar refractivity (Wildman–Crippen MR) is 67.8 cm³/mol. The molecule has 0 spiro atoms. The molecule has 0 radical (unpaired) electrons. The maximum absolute atomic E-state index is 5.70. The lowest BCUT2D eigenvalue weighted by atomic mass is 9.99. The zero-order valence-electron chi connectivity index (χ0n) is 11.0. The Balaban J connectivity index is 1.84. The van der Waals surface area contributed by atoms with Crippen LogP contribution in [0.25, 0.3) is 0 Å². The van der Waals surface area contributed by atoms with Crippen LogP contribution in [-0.4, -0.2) is 29.0 Å². The molecule has 2 heterocycles. The van der Waals surface area contributed by atoms with Crippen molar-refractivity contribution in [3.63, 3.8) is 0 Å². The van der Waals surface area contributed by atoms with Gasteiger partial charge in [-0.15, -0.1) is 0 Å². The van der Waals surface area contributed by atoms with Crippen LogP contribution in [0.4, 0.5) is 0 Å². The lowest BCUT2D eigenvalue weighted by molar-refractivity contribution is 0.0867. The Hall–Kier alpha value is -0.870. The summed E-state index contributed by atoms with van der Waals surface area (Å²) in [5.41, 5.74) is 1.23. The van der Waals surface area contributed by atoms with Crippen molar-refractivity contribution in [3.05, 3.63) is 18.0 Å². The van der Waals surface area contributed by atoms with Crippen molar-refractivity contribution < 1.29 is 4.74 Å². The van der Waals surface area contributed by atoms with Gasteiger partial charge in [-0.05, 0) is 31.7 Å². The number of nitrogens with zero attached hydrogens (tertiary/aromatic N) is 2. The third kappa shape index (κ3) is 2.87. The number of aromatic nitrogens is 2. The van der Waals surface area contributed by atoms with Gasteiger partial charge in [-0.1, -0.05) is 6.92 Å². The van der Waals surface area contributed by atoms with E-state index in [4.69, 9.17) is 4.74 Å².